The van der Waals surface area contributed by atoms with Crippen molar-refractivity contribution in [1.82, 2.24) is 24.8 Å². The highest BCUT2D eigenvalue weighted by Crippen LogP contribution is 2.27. The van der Waals surface area contributed by atoms with Crippen molar-refractivity contribution in [2.75, 3.05) is 49.7 Å². The highest BCUT2D eigenvalue weighted by Gasteiger charge is 2.35. The van der Waals surface area contributed by atoms with Gasteiger partial charge in [0.25, 0.3) is 0 Å². The lowest BCUT2D eigenvalue weighted by atomic mass is 9.96. The summed E-state index contributed by atoms with van der Waals surface area (Å²) in [4.78, 5) is 33.6. The summed E-state index contributed by atoms with van der Waals surface area (Å²) < 4.78 is 12.7. The first kappa shape index (κ1) is 22.7. The Morgan fingerprint density at radius 3 is 3.03 bits per heavy atom. The van der Waals surface area contributed by atoms with Gasteiger partial charge in [-0.15, -0.1) is 0 Å². The Morgan fingerprint density at radius 1 is 1.33 bits per heavy atom. The van der Waals surface area contributed by atoms with Crippen LogP contribution < -0.4 is 15.5 Å². The fourth-order valence-electron chi connectivity index (χ4n) is 4.52. The van der Waals surface area contributed by atoms with Crippen LogP contribution in [0.4, 0.5) is 11.8 Å². The molecule has 12 heteroatoms. The Kier molecular flexibility index (Phi) is 6.11. The smallest absolute Gasteiger partial charge is 0.336 e. The van der Waals surface area contributed by atoms with Crippen LogP contribution in [0.2, 0.25) is 0 Å². The largest absolute Gasteiger partial charge is 0.463 e. The molecule has 36 heavy (non-hydrogen) atoms. The second-order valence-electron chi connectivity index (χ2n) is 8.51. The number of morpholine rings is 1. The van der Waals surface area contributed by atoms with E-state index in [2.05, 4.69) is 25.9 Å². The van der Waals surface area contributed by atoms with Crippen LogP contribution in [0, 0.1) is 0 Å². The zero-order valence-corrected chi connectivity index (χ0v) is 20.6. The number of nitrogens with one attached hydrogen (secondary N) is 2. The normalized spacial score (nSPS) is 21.1. The van der Waals surface area contributed by atoms with Crippen LogP contribution in [0.15, 0.2) is 51.9 Å². The number of aliphatic imine (C=N–C) groups is 1. The summed E-state index contributed by atoms with van der Waals surface area (Å²) in [5.74, 6) is 1.68. The second-order valence-corrected chi connectivity index (χ2v) is 9.29. The number of fused-ring (bicyclic) bond motifs is 2. The number of carbonyl (C=O) groups excluding carboxylic acids is 1. The molecule has 0 amide bonds. The number of imidazole rings is 1. The predicted molar refractivity (Wildman–Crippen MR) is 138 cm³/mol. The van der Waals surface area contributed by atoms with Crippen molar-refractivity contribution in [2.45, 2.75) is 19.0 Å². The van der Waals surface area contributed by atoms with E-state index in [0.717, 1.165) is 30.3 Å². The van der Waals surface area contributed by atoms with Crippen LogP contribution in [0.1, 0.15) is 6.92 Å². The molecule has 186 valence electrons. The quantitative estimate of drug-likeness (QED) is 0.463. The number of rotatable bonds is 7. The molecule has 5 heterocycles. The van der Waals surface area contributed by atoms with E-state index in [4.69, 9.17) is 24.4 Å². The fourth-order valence-corrected chi connectivity index (χ4v) is 5.15. The molecule has 3 aliphatic rings. The first-order valence-electron chi connectivity index (χ1n) is 11.9. The van der Waals surface area contributed by atoms with Crippen molar-refractivity contribution in [3.8, 4) is 5.69 Å². The molecule has 0 radical (unpaired) electrons. The Labute approximate surface area is 211 Å². The van der Waals surface area contributed by atoms with E-state index in [9.17, 15) is 4.79 Å². The SMILES string of the molecule is CCOC(=O)C1=CC=CC2NC(CNc3nc(N4CCOCC4)nc4c3ncn4-c3ccsc3)=NC12. The highest BCUT2D eigenvalue weighted by molar-refractivity contribution is 7.08. The molecule has 1 aliphatic carbocycles. The molecule has 0 aromatic carbocycles. The lowest BCUT2D eigenvalue weighted by molar-refractivity contribution is -0.138. The molecule has 2 atom stereocenters. The van der Waals surface area contributed by atoms with Crippen molar-refractivity contribution < 1.29 is 14.3 Å². The van der Waals surface area contributed by atoms with Gasteiger partial charge in [-0.1, -0.05) is 12.2 Å². The number of nitrogens with zero attached hydrogens (tertiary/aromatic N) is 6. The van der Waals surface area contributed by atoms with Gasteiger partial charge in [0.1, 0.15) is 18.2 Å². The van der Waals surface area contributed by atoms with Crippen molar-refractivity contribution in [1.29, 1.82) is 0 Å². The molecule has 2 unspecified atom stereocenters. The van der Waals surface area contributed by atoms with E-state index < -0.39 is 0 Å². The Morgan fingerprint density at radius 2 is 2.22 bits per heavy atom. The minimum Gasteiger partial charge on any atom is -0.463 e. The van der Waals surface area contributed by atoms with Gasteiger partial charge in [0.05, 0.1) is 43.7 Å². The maximum absolute atomic E-state index is 12.4. The number of amidine groups is 1. The van der Waals surface area contributed by atoms with Crippen molar-refractivity contribution in [3.05, 3.63) is 47.0 Å². The average Bonchev–Trinajstić information content (AvgIpc) is 3.66. The Balaban J connectivity index is 1.29. The molecule has 0 saturated carbocycles. The summed E-state index contributed by atoms with van der Waals surface area (Å²) in [5, 5.41) is 10.9. The van der Waals surface area contributed by atoms with E-state index in [-0.39, 0.29) is 18.1 Å². The summed E-state index contributed by atoms with van der Waals surface area (Å²) in [6.45, 7) is 5.26. The maximum atomic E-state index is 12.4. The number of hydrogen-bond acceptors (Lipinski definition) is 11. The van der Waals surface area contributed by atoms with E-state index >= 15 is 0 Å². The third-order valence-corrected chi connectivity index (χ3v) is 6.95. The van der Waals surface area contributed by atoms with E-state index in [1.807, 2.05) is 28.2 Å². The van der Waals surface area contributed by atoms with Crippen molar-refractivity contribution in [2.24, 2.45) is 4.99 Å². The van der Waals surface area contributed by atoms with Crippen molar-refractivity contribution in [3.63, 3.8) is 0 Å². The summed E-state index contributed by atoms with van der Waals surface area (Å²) >= 11 is 1.62. The molecule has 3 aromatic rings. The molecule has 1 saturated heterocycles. The third-order valence-electron chi connectivity index (χ3n) is 6.28. The topological polar surface area (TPSA) is 119 Å². The van der Waals surface area contributed by atoms with Crippen LogP contribution in [0.5, 0.6) is 0 Å². The lowest BCUT2D eigenvalue weighted by Gasteiger charge is -2.27. The molecule has 6 rings (SSSR count). The third kappa shape index (κ3) is 4.22. The lowest BCUT2D eigenvalue weighted by Crippen LogP contribution is -2.38. The number of carbonyl (C=O) groups is 1. The molecule has 11 nitrogen and oxygen atoms in total. The molecule has 0 spiro atoms. The Bertz CT molecular complexity index is 1360. The van der Waals surface area contributed by atoms with Gasteiger partial charge in [-0.05, 0) is 24.4 Å². The minimum absolute atomic E-state index is 0.0849. The van der Waals surface area contributed by atoms with E-state index in [1.165, 1.54) is 0 Å². The average molecular weight is 507 g/mol. The summed E-state index contributed by atoms with van der Waals surface area (Å²) in [6, 6.07) is 1.65. The summed E-state index contributed by atoms with van der Waals surface area (Å²) in [6.07, 6.45) is 7.43. The van der Waals surface area contributed by atoms with Gasteiger partial charge >= 0.3 is 5.97 Å². The molecular weight excluding hydrogens is 480 g/mol. The van der Waals surface area contributed by atoms with Crippen LogP contribution >= 0.6 is 11.3 Å². The number of thiophene rings is 1. The maximum Gasteiger partial charge on any atom is 0.336 e. The standard InChI is InChI=1S/C24H26N8O3S/c1-2-35-23(33)16-4-3-5-17-19(16)28-18(27-17)12-25-21-20-22(32(14-26-20)15-6-11-36-13-15)30-24(29-21)31-7-9-34-10-8-31/h3-6,11,13-14,17,19H,2,7-10,12H2,1H3,(H,27,28)(H,25,29,30). The molecule has 3 aromatic heterocycles. The van der Waals surface area contributed by atoms with E-state index in [1.54, 1.807) is 30.7 Å². The molecule has 2 N–H and O–H groups in total. The van der Waals surface area contributed by atoms with Gasteiger partial charge < -0.3 is 25.0 Å². The van der Waals surface area contributed by atoms with E-state index in [0.29, 0.717) is 49.2 Å². The van der Waals surface area contributed by atoms with Gasteiger partial charge in [0.2, 0.25) is 5.95 Å². The number of ether oxygens (including phenoxy) is 2. The van der Waals surface area contributed by atoms with Crippen LogP contribution in [0.3, 0.4) is 0 Å². The van der Waals surface area contributed by atoms with Gasteiger partial charge in [-0.2, -0.15) is 21.3 Å². The first-order valence-corrected chi connectivity index (χ1v) is 12.9. The number of aromatic nitrogens is 4. The monoisotopic (exact) mass is 506 g/mol. The zero-order valence-electron chi connectivity index (χ0n) is 19.8. The van der Waals surface area contributed by atoms with Crippen LogP contribution in [-0.4, -0.2) is 82.9 Å². The molecule has 2 aliphatic heterocycles. The minimum atomic E-state index is -0.330. The summed E-state index contributed by atoms with van der Waals surface area (Å²) in [7, 11) is 0. The number of esters is 1. The summed E-state index contributed by atoms with van der Waals surface area (Å²) in [5.41, 5.74) is 2.98. The van der Waals surface area contributed by atoms with Gasteiger partial charge in [-0.25, -0.2) is 9.78 Å². The highest BCUT2D eigenvalue weighted by atomic mass is 32.1. The predicted octanol–water partition coefficient (Wildman–Crippen LogP) is 1.92. The second kappa shape index (κ2) is 9.70. The molecular formula is C24H26N8O3S. The fraction of sp³-hybridized carbons (Fsp3) is 0.375. The number of allylic oxidation sites excluding steroid dienone is 2. The first-order chi connectivity index (χ1) is 17.7. The Hall–Kier alpha value is -3.77. The zero-order chi connectivity index (χ0) is 24.5. The van der Waals surface area contributed by atoms with Crippen LogP contribution in [0.25, 0.3) is 16.9 Å². The van der Waals surface area contributed by atoms with Crippen molar-refractivity contribution >= 4 is 46.1 Å². The van der Waals surface area contributed by atoms with Gasteiger partial charge in [0, 0.05) is 18.5 Å². The number of hydrogen-bond donors (Lipinski definition) is 2. The number of anilines is 2. The molecule has 0 bridgehead atoms. The van der Waals surface area contributed by atoms with Gasteiger partial charge in [0.15, 0.2) is 17.0 Å². The molecule has 1 fully saturated rings. The van der Waals surface area contributed by atoms with Gasteiger partial charge in [-0.3, -0.25) is 9.56 Å². The van der Waals surface area contributed by atoms with Crippen LogP contribution in [-0.2, 0) is 14.3 Å².